The zero-order chi connectivity index (χ0) is 27.4. The van der Waals surface area contributed by atoms with Crippen LogP contribution in [-0.2, 0) is 4.74 Å². The predicted molar refractivity (Wildman–Crippen MR) is 158 cm³/mol. The van der Waals surface area contributed by atoms with Gasteiger partial charge in [0, 0.05) is 42.0 Å². The Labute approximate surface area is 234 Å². The Kier molecular flexibility index (Phi) is 7.93. The van der Waals surface area contributed by atoms with Crippen molar-refractivity contribution in [1.82, 2.24) is 19.8 Å². The number of anilines is 1. The maximum Gasteiger partial charge on any atom is 0.337 e. The Morgan fingerprint density at radius 2 is 1.79 bits per heavy atom. The lowest BCUT2D eigenvalue weighted by Crippen LogP contribution is -2.31. The van der Waals surface area contributed by atoms with Crippen LogP contribution >= 0.6 is 12.2 Å². The molecular weight excluding hydrogens is 506 g/mol. The molecule has 200 valence electrons. The number of aromatic nitrogens is 2. The van der Waals surface area contributed by atoms with Gasteiger partial charge in [-0.1, -0.05) is 24.3 Å². The fraction of sp³-hybridized carbons (Fsp3) is 0.258. The summed E-state index contributed by atoms with van der Waals surface area (Å²) < 4.78 is 7.09. The molecule has 0 amide bonds. The molecule has 1 saturated heterocycles. The minimum atomic E-state index is -0.343. The highest BCUT2D eigenvalue weighted by molar-refractivity contribution is 7.80. The topological polar surface area (TPSA) is 71.4 Å². The number of ether oxygens (including phenoxy) is 1. The minimum Gasteiger partial charge on any atom is -0.465 e. The molecule has 8 heteroatoms. The number of nitrogens with one attached hydrogen (secondary N) is 2. The number of hydrogen-bond acceptors (Lipinski definition) is 5. The molecule has 39 heavy (non-hydrogen) atoms. The van der Waals surface area contributed by atoms with E-state index in [1.807, 2.05) is 48.7 Å². The summed E-state index contributed by atoms with van der Waals surface area (Å²) in [5.74, 6) is -0.343. The summed E-state index contributed by atoms with van der Waals surface area (Å²) in [4.78, 5) is 18.9. The van der Waals surface area contributed by atoms with Crippen molar-refractivity contribution in [3.8, 4) is 5.69 Å². The van der Waals surface area contributed by atoms with Gasteiger partial charge in [-0.3, -0.25) is 4.98 Å². The van der Waals surface area contributed by atoms with Gasteiger partial charge < -0.3 is 24.8 Å². The Balaban J connectivity index is 1.45. The molecule has 4 aromatic rings. The maximum absolute atomic E-state index is 11.9. The van der Waals surface area contributed by atoms with E-state index in [-0.39, 0.29) is 18.1 Å². The van der Waals surface area contributed by atoms with E-state index in [4.69, 9.17) is 17.0 Å². The molecule has 0 unspecified atom stereocenters. The smallest absolute Gasteiger partial charge is 0.337 e. The SMILES string of the molecule is COC(=O)c1ccc(-n2c(C)cc([C@H]3[C@H](c4ccccn4)NC(=S)N3CCCNc3ccccc3)c2C)cc1. The van der Waals surface area contributed by atoms with Gasteiger partial charge in [0.1, 0.15) is 0 Å². The third kappa shape index (κ3) is 5.52. The van der Waals surface area contributed by atoms with E-state index in [2.05, 4.69) is 63.2 Å². The van der Waals surface area contributed by atoms with E-state index in [1.54, 1.807) is 12.1 Å². The molecule has 0 bridgehead atoms. The molecule has 1 aliphatic rings. The first-order valence-electron chi connectivity index (χ1n) is 13.1. The largest absolute Gasteiger partial charge is 0.465 e. The lowest BCUT2D eigenvalue weighted by atomic mass is 9.96. The van der Waals surface area contributed by atoms with Crippen molar-refractivity contribution in [2.75, 3.05) is 25.5 Å². The number of methoxy groups -OCH3 is 1. The van der Waals surface area contributed by atoms with E-state index in [9.17, 15) is 4.79 Å². The number of hydrogen-bond donors (Lipinski definition) is 2. The number of carbonyl (C=O) groups excluding carboxylic acids is 1. The third-order valence-corrected chi connectivity index (χ3v) is 7.56. The van der Waals surface area contributed by atoms with E-state index in [0.717, 1.165) is 53.1 Å². The molecule has 7 nitrogen and oxygen atoms in total. The van der Waals surface area contributed by atoms with E-state index in [0.29, 0.717) is 5.56 Å². The summed E-state index contributed by atoms with van der Waals surface area (Å²) in [5, 5.41) is 7.81. The van der Waals surface area contributed by atoms with Crippen LogP contribution in [0, 0.1) is 13.8 Å². The molecule has 2 aromatic heterocycles. The Bertz CT molecular complexity index is 1440. The highest BCUT2D eigenvalue weighted by Crippen LogP contribution is 2.41. The lowest BCUT2D eigenvalue weighted by molar-refractivity contribution is 0.0600. The number of thiocarbonyl (C=S) groups is 1. The molecule has 3 heterocycles. The van der Waals surface area contributed by atoms with Crippen LogP contribution in [0.25, 0.3) is 5.69 Å². The van der Waals surface area contributed by atoms with Crippen LogP contribution in [0.1, 0.15) is 51.5 Å². The average Bonchev–Trinajstić information content (AvgIpc) is 3.45. The predicted octanol–water partition coefficient (Wildman–Crippen LogP) is 5.75. The van der Waals surface area contributed by atoms with Gasteiger partial charge >= 0.3 is 5.97 Å². The first-order valence-corrected chi connectivity index (χ1v) is 13.5. The van der Waals surface area contributed by atoms with E-state index >= 15 is 0 Å². The molecule has 0 radical (unpaired) electrons. The van der Waals surface area contributed by atoms with Crippen molar-refractivity contribution >= 4 is 29.0 Å². The quantitative estimate of drug-likeness (QED) is 0.159. The van der Waals surface area contributed by atoms with Crippen molar-refractivity contribution in [3.05, 3.63) is 113 Å². The molecular formula is C31H33N5O2S. The second-order valence-electron chi connectivity index (χ2n) is 9.67. The second-order valence-corrected chi connectivity index (χ2v) is 10.1. The number of esters is 1. The van der Waals surface area contributed by atoms with Crippen LogP contribution in [0.15, 0.2) is 85.1 Å². The van der Waals surface area contributed by atoms with Crippen molar-refractivity contribution in [3.63, 3.8) is 0 Å². The van der Waals surface area contributed by atoms with Crippen molar-refractivity contribution < 1.29 is 9.53 Å². The monoisotopic (exact) mass is 539 g/mol. The molecule has 1 aliphatic heterocycles. The number of pyridine rings is 1. The molecule has 0 saturated carbocycles. The Morgan fingerprint density at radius 1 is 1.05 bits per heavy atom. The molecule has 1 fully saturated rings. The zero-order valence-electron chi connectivity index (χ0n) is 22.4. The zero-order valence-corrected chi connectivity index (χ0v) is 23.2. The van der Waals surface area contributed by atoms with E-state index < -0.39 is 0 Å². The van der Waals surface area contributed by atoms with E-state index in [1.165, 1.54) is 12.7 Å². The number of para-hydroxylation sites is 1. The van der Waals surface area contributed by atoms with Gasteiger partial charge in [-0.25, -0.2) is 4.79 Å². The van der Waals surface area contributed by atoms with Crippen molar-refractivity contribution in [2.24, 2.45) is 0 Å². The highest BCUT2D eigenvalue weighted by Gasteiger charge is 2.41. The van der Waals surface area contributed by atoms with Gasteiger partial charge in [0.15, 0.2) is 5.11 Å². The summed E-state index contributed by atoms with van der Waals surface area (Å²) in [6.07, 6.45) is 2.76. The molecule has 5 rings (SSSR count). The first-order chi connectivity index (χ1) is 19.0. The number of aryl methyl sites for hydroxylation is 1. The van der Waals surface area contributed by atoms with Gasteiger partial charge in [0.2, 0.25) is 0 Å². The van der Waals surface area contributed by atoms with Gasteiger partial charge in [-0.15, -0.1) is 0 Å². The van der Waals surface area contributed by atoms with Gasteiger partial charge in [0.05, 0.1) is 30.5 Å². The maximum atomic E-state index is 11.9. The summed E-state index contributed by atoms with van der Waals surface area (Å²) >= 11 is 5.88. The summed E-state index contributed by atoms with van der Waals surface area (Å²) in [5.41, 5.74) is 7.03. The lowest BCUT2D eigenvalue weighted by Gasteiger charge is -2.28. The fourth-order valence-corrected chi connectivity index (χ4v) is 5.70. The standard InChI is InChI=1S/C31H33N5O2S/c1-21-20-26(22(2)36(21)25-15-13-23(14-16-25)30(37)38-3)29-28(27-12-7-8-17-33-27)34-31(39)35(29)19-9-18-32-24-10-5-4-6-11-24/h4-8,10-17,20,28-29,32H,9,18-19H2,1-3H3,(H,34,39)/t28-,29-/m0/s1. The highest BCUT2D eigenvalue weighted by atomic mass is 32.1. The number of carbonyl (C=O) groups is 1. The normalized spacial score (nSPS) is 16.7. The fourth-order valence-electron chi connectivity index (χ4n) is 5.37. The van der Waals surface area contributed by atoms with Gasteiger partial charge in [-0.05, 0) is 92.6 Å². The average molecular weight is 540 g/mol. The van der Waals surface area contributed by atoms with Crippen molar-refractivity contribution in [1.29, 1.82) is 0 Å². The number of benzene rings is 2. The summed E-state index contributed by atoms with van der Waals surface area (Å²) in [6, 6.07) is 25.9. The minimum absolute atomic E-state index is 0.0154. The second kappa shape index (κ2) is 11.7. The van der Waals surface area contributed by atoms with Crippen LogP contribution in [0.5, 0.6) is 0 Å². The summed E-state index contributed by atoms with van der Waals surface area (Å²) in [6.45, 7) is 5.89. The van der Waals surface area contributed by atoms with Crippen molar-refractivity contribution in [2.45, 2.75) is 32.4 Å². The Hall–Kier alpha value is -4.17. The van der Waals surface area contributed by atoms with Crippen LogP contribution in [0.4, 0.5) is 5.69 Å². The van der Waals surface area contributed by atoms with Crippen LogP contribution in [0.3, 0.4) is 0 Å². The van der Waals surface area contributed by atoms with Crippen LogP contribution < -0.4 is 10.6 Å². The molecule has 0 aliphatic carbocycles. The van der Waals surface area contributed by atoms with Gasteiger partial charge in [-0.2, -0.15) is 0 Å². The molecule has 2 atom stereocenters. The van der Waals surface area contributed by atoms with Crippen LogP contribution in [0.2, 0.25) is 0 Å². The number of rotatable bonds is 9. The third-order valence-electron chi connectivity index (χ3n) is 7.21. The molecule has 2 aromatic carbocycles. The number of nitrogens with zero attached hydrogens (tertiary/aromatic N) is 3. The Morgan fingerprint density at radius 3 is 2.49 bits per heavy atom. The first kappa shape index (κ1) is 26.4. The van der Waals surface area contributed by atoms with Gasteiger partial charge in [0.25, 0.3) is 0 Å². The van der Waals surface area contributed by atoms with Crippen LogP contribution in [-0.4, -0.2) is 45.7 Å². The molecule has 2 N–H and O–H groups in total. The summed E-state index contributed by atoms with van der Waals surface area (Å²) in [7, 11) is 1.39. The molecule has 0 spiro atoms.